The number of pyridine rings is 2. The summed E-state index contributed by atoms with van der Waals surface area (Å²) in [5.74, 6) is -0.171. The molecule has 0 radical (unpaired) electrons. The van der Waals surface area contributed by atoms with Crippen molar-refractivity contribution in [3.05, 3.63) is 101 Å². The van der Waals surface area contributed by atoms with E-state index in [0.717, 1.165) is 11.3 Å². The highest BCUT2D eigenvalue weighted by atomic mass is 16.5. The van der Waals surface area contributed by atoms with E-state index in [4.69, 9.17) is 0 Å². The van der Waals surface area contributed by atoms with E-state index in [9.17, 15) is 10.0 Å². The first-order valence-electron chi connectivity index (χ1n) is 7.58. The second kappa shape index (κ2) is 6.91. The molecule has 0 aliphatic carbocycles. The van der Waals surface area contributed by atoms with Crippen LogP contribution in [0.5, 0.6) is 0 Å². The number of aromatic nitrogens is 2. The van der Waals surface area contributed by atoms with Crippen LogP contribution in [-0.2, 0) is 0 Å². The standard InChI is InChI=1S/C19H17N3O2/c1-21(19(23)16-10-13-22(24)14-11-16)18(15-7-3-2-4-8-15)17-9-5-6-12-20-17/h2-14,18H,1H3/t18-/m1/s1. The van der Waals surface area contributed by atoms with Gasteiger partial charge >= 0.3 is 0 Å². The number of benzene rings is 1. The van der Waals surface area contributed by atoms with Crippen molar-refractivity contribution in [2.75, 3.05) is 7.05 Å². The van der Waals surface area contributed by atoms with Gasteiger partial charge in [-0.2, -0.15) is 4.73 Å². The van der Waals surface area contributed by atoms with Crippen LogP contribution in [0.15, 0.2) is 79.3 Å². The minimum absolute atomic E-state index is 0.171. The Hall–Kier alpha value is -3.21. The predicted molar refractivity (Wildman–Crippen MR) is 90.0 cm³/mol. The largest absolute Gasteiger partial charge is 0.619 e. The van der Waals surface area contributed by atoms with Crippen molar-refractivity contribution >= 4 is 5.91 Å². The molecule has 120 valence electrons. The highest BCUT2D eigenvalue weighted by Crippen LogP contribution is 2.27. The van der Waals surface area contributed by atoms with Gasteiger partial charge in [-0.3, -0.25) is 9.78 Å². The van der Waals surface area contributed by atoms with E-state index in [0.29, 0.717) is 10.3 Å². The van der Waals surface area contributed by atoms with Gasteiger partial charge in [0.15, 0.2) is 12.4 Å². The first-order valence-corrected chi connectivity index (χ1v) is 7.58. The van der Waals surface area contributed by atoms with E-state index in [1.54, 1.807) is 18.1 Å². The number of nitrogens with zero attached hydrogens (tertiary/aromatic N) is 3. The van der Waals surface area contributed by atoms with Crippen molar-refractivity contribution in [3.8, 4) is 0 Å². The Bertz CT molecular complexity index is 766. The third-order valence-corrected chi connectivity index (χ3v) is 3.84. The minimum Gasteiger partial charge on any atom is -0.619 e. The number of amides is 1. The highest BCUT2D eigenvalue weighted by Gasteiger charge is 2.25. The van der Waals surface area contributed by atoms with Crippen molar-refractivity contribution in [3.63, 3.8) is 0 Å². The molecule has 0 saturated carbocycles. The lowest BCUT2D eigenvalue weighted by atomic mass is 10.0. The van der Waals surface area contributed by atoms with Crippen molar-refractivity contribution in [1.29, 1.82) is 0 Å². The fourth-order valence-corrected chi connectivity index (χ4v) is 2.64. The Kier molecular flexibility index (Phi) is 4.52. The molecular formula is C19H17N3O2. The summed E-state index contributed by atoms with van der Waals surface area (Å²) in [5, 5.41) is 11.2. The molecular weight excluding hydrogens is 302 g/mol. The van der Waals surface area contributed by atoms with Crippen molar-refractivity contribution in [2.24, 2.45) is 0 Å². The zero-order valence-corrected chi connectivity index (χ0v) is 13.2. The van der Waals surface area contributed by atoms with Crippen LogP contribution >= 0.6 is 0 Å². The summed E-state index contributed by atoms with van der Waals surface area (Å²) >= 11 is 0. The monoisotopic (exact) mass is 319 g/mol. The molecule has 0 aliphatic rings. The van der Waals surface area contributed by atoms with Crippen LogP contribution in [0, 0.1) is 5.21 Å². The van der Waals surface area contributed by atoms with E-state index in [2.05, 4.69) is 4.98 Å². The summed E-state index contributed by atoms with van der Waals surface area (Å²) in [6.07, 6.45) is 4.35. The molecule has 2 aromatic heterocycles. The van der Waals surface area contributed by atoms with Gasteiger partial charge in [0, 0.05) is 25.4 Å². The normalized spacial score (nSPS) is 11.7. The Morgan fingerprint density at radius 2 is 1.71 bits per heavy atom. The van der Waals surface area contributed by atoms with Crippen LogP contribution in [0.25, 0.3) is 0 Å². The molecule has 1 amide bonds. The third kappa shape index (κ3) is 3.25. The fraction of sp³-hybridized carbons (Fsp3) is 0.105. The van der Waals surface area contributed by atoms with Gasteiger partial charge in [-0.25, -0.2) is 0 Å². The lowest BCUT2D eigenvalue weighted by molar-refractivity contribution is -0.605. The van der Waals surface area contributed by atoms with Crippen LogP contribution in [-0.4, -0.2) is 22.8 Å². The van der Waals surface area contributed by atoms with Crippen LogP contribution in [0.1, 0.15) is 27.7 Å². The summed E-state index contributed by atoms with van der Waals surface area (Å²) in [6.45, 7) is 0. The van der Waals surface area contributed by atoms with Crippen molar-refractivity contribution in [1.82, 2.24) is 9.88 Å². The van der Waals surface area contributed by atoms with Gasteiger partial charge in [0.25, 0.3) is 5.91 Å². The number of rotatable bonds is 4. The quantitative estimate of drug-likeness (QED) is 0.548. The summed E-state index contributed by atoms with van der Waals surface area (Å²) in [7, 11) is 1.74. The molecule has 0 saturated heterocycles. The maximum absolute atomic E-state index is 12.8. The third-order valence-electron chi connectivity index (χ3n) is 3.84. The van der Waals surface area contributed by atoms with Gasteiger partial charge in [0.05, 0.1) is 17.3 Å². The molecule has 0 aliphatic heterocycles. The van der Waals surface area contributed by atoms with E-state index in [-0.39, 0.29) is 11.9 Å². The molecule has 0 spiro atoms. The molecule has 1 atom stereocenters. The van der Waals surface area contributed by atoms with Gasteiger partial charge in [-0.15, -0.1) is 0 Å². The first-order chi connectivity index (χ1) is 11.7. The molecule has 3 rings (SSSR count). The second-order valence-corrected chi connectivity index (χ2v) is 5.43. The van der Waals surface area contributed by atoms with Gasteiger partial charge in [0.1, 0.15) is 0 Å². The zero-order chi connectivity index (χ0) is 16.9. The molecule has 2 heterocycles. The second-order valence-electron chi connectivity index (χ2n) is 5.43. The van der Waals surface area contributed by atoms with E-state index >= 15 is 0 Å². The lowest BCUT2D eigenvalue weighted by Gasteiger charge is -2.28. The summed E-state index contributed by atoms with van der Waals surface area (Å²) in [4.78, 5) is 18.9. The fourth-order valence-electron chi connectivity index (χ4n) is 2.64. The van der Waals surface area contributed by atoms with Crippen molar-refractivity contribution in [2.45, 2.75) is 6.04 Å². The summed E-state index contributed by atoms with van der Waals surface area (Å²) < 4.78 is 0.657. The highest BCUT2D eigenvalue weighted by molar-refractivity contribution is 5.94. The summed E-state index contributed by atoms with van der Waals surface area (Å²) in [5.41, 5.74) is 2.22. The van der Waals surface area contributed by atoms with Crippen molar-refractivity contribution < 1.29 is 9.52 Å². The van der Waals surface area contributed by atoms with Gasteiger partial charge in [-0.05, 0) is 17.7 Å². The van der Waals surface area contributed by atoms with Gasteiger partial charge < -0.3 is 10.1 Å². The smallest absolute Gasteiger partial charge is 0.254 e. The number of carbonyl (C=O) groups is 1. The molecule has 0 fully saturated rings. The predicted octanol–water partition coefficient (Wildman–Crippen LogP) is 2.58. The average Bonchev–Trinajstić information content (AvgIpc) is 2.64. The molecule has 1 aromatic carbocycles. The van der Waals surface area contributed by atoms with Crippen LogP contribution in [0.4, 0.5) is 0 Å². The molecule has 5 heteroatoms. The van der Waals surface area contributed by atoms with Gasteiger partial charge in [0.2, 0.25) is 0 Å². The number of hydrogen-bond acceptors (Lipinski definition) is 3. The van der Waals surface area contributed by atoms with Gasteiger partial charge in [-0.1, -0.05) is 36.4 Å². The van der Waals surface area contributed by atoms with E-state index in [1.165, 1.54) is 24.5 Å². The average molecular weight is 319 g/mol. The van der Waals surface area contributed by atoms with Crippen LogP contribution in [0.3, 0.4) is 0 Å². The topological polar surface area (TPSA) is 60.1 Å². The Balaban J connectivity index is 1.99. The molecule has 0 N–H and O–H groups in total. The minimum atomic E-state index is -0.306. The molecule has 0 bridgehead atoms. The van der Waals surface area contributed by atoms with E-state index in [1.807, 2.05) is 48.5 Å². The number of hydrogen-bond donors (Lipinski definition) is 0. The maximum Gasteiger partial charge on any atom is 0.254 e. The molecule has 5 nitrogen and oxygen atoms in total. The molecule has 3 aromatic rings. The number of carbonyl (C=O) groups excluding carboxylic acids is 1. The Morgan fingerprint density at radius 1 is 1.04 bits per heavy atom. The van der Waals surface area contributed by atoms with Crippen LogP contribution in [0.2, 0.25) is 0 Å². The SMILES string of the molecule is CN(C(=O)c1cc[n+]([O-])cc1)[C@H](c1ccccc1)c1ccccn1. The Morgan fingerprint density at radius 3 is 2.33 bits per heavy atom. The molecule has 0 unspecified atom stereocenters. The van der Waals surface area contributed by atoms with Crippen LogP contribution < -0.4 is 4.73 Å². The lowest BCUT2D eigenvalue weighted by Crippen LogP contribution is -2.33. The summed E-state index contributed by atoms with van der Waals surface area (Å²) in [6, 6.07) is 18.1. The first kappa shape index (κ1) is 15.7. The molecule has 24 heavy (non-hydrogen) atoms. The zero-order valence-electron chi connectivity index (χ0n) is 13.2. The maximum atomic E-state index is 12.8. The Labute approximate surface area is 140 Å². The van der Waals surface area contributed by atoms with E-state index < -0.39 is 0 Å².